The van der Waals surface area contributed by atoms with Gasteiger partial charge in [0.25, 0.3) is 0 Å². The Morgan fingerprint density at radius 2 is 2.31 bits per heavy atom. The first-order valence-corrected chi connectivity index (χ1v) is 5.32. The molecule has 0 aliphatic rings. The van der Waals surface area contributed by atoms with Crippen LogP contribution in [0.15, 0.2) is 18.2 Å². The molecule has 4 heteroatoms. The van der Waals surface area contributed by atoms with E-state index in [4.69, 9.17) is 11.0 Å². The van der Waals surface area contributed by atoms with Gasteiger partial charge < -0.3 is 10.3 Å². The van der Waals surface area contributed by atoms with Crippen LogP contribution in [0.25, 0.3) is 11.0 Å². The third kappa shape index (κ3) is 1.77. The van der Waals surface area contributed by atoms with Gasteiger partial charge in [-0.1, -0.05) is 0 Å². The van der Waals surface area contributed by atoms with Crippen LogP contribution in [0, 0.1) is 11.3 Å². The number of nitrogens with zero attached hydrogens (tertiary/aromatic N) is 3. The molecule has 82 valence electrons. The van der Waals surface area contributed by atoms with Crippen LogP contribution >= 0.6 is 0 Å². The van der Waals surface area contributed by atoms with Crippen molar-refractivity contribution in [3.63, 3.8) is 0 Å². The fourth-order valence-electron chi connectivity index (χ4n) is 1.79. The van der Waals surface area contributed by atoms with Crippen LogP contribution in [0.3, 0.4) is 0 Å². The minimum atomic E-state index is 0.667. The van der Waals surface area contributed by atoms with Crippen molar-refractivity contribution in [1.82, 2.24) is 9.55 Å². The van der Waals surface area contributed by atoms with Gasteiger partial charge in [-0.2, -0.15) is 5.26 Å². The van der Waals surface area contributed by atoms with Crippen LogP contribution in [0.4, 0.5) is 0 Å². The number of hydrogen-bond donors (Lipinski definition) is 1. The average Bonchev–Trinajstić information content (AvgIpc) is 2.63. The molecule has 1 aromatic heterocycles. The van der Waals surface area contributed by atoms with Gasteiger partial charge in [0.2, 0.25) is 0 Å². The van der Waals surface area contributed by atoms with Crippen LogP contribution in [0.5, 0.6) is 0 Å². The Morgan fingerprint density at radius 1 is 1.50 bits per heavy atom. The molecule has 2 rings (SSSR count). The summed E-state index contributed by atoms with van der Waals surface area (Å²) < 4.78 is 2.03. The van der Waals surface area contributed by atoms with E-state index in [1.54, 1.807) is 6.07 Å². The Balaban J connectivity index is 2.47. The summed E-state index contributed by atoms with van der Waals surface area (Å²) in [4.78, 5) is 4.52. The van der Waals surface area contributed by atoms with Gasteiger partial charge in [-0.05, 0) is 31.2 Å². The van der Waals surface area contributed by atoms with Crippen molar-refractivity contribution in [3.8, 4) is 6.07 Å². The Hall–Kier alpha value is -1.86. The molecule has 4 nitrogen and oxygen atoms in total. The average molecular weight is 214 g/mol. The van der Waals surface area contributed by atoms with Crippen molar-refractivity contribution in [2.24, 2.45) is 12.8 Å². The number of hydrogen-bond acceptors (Lipinski definition) is 3. The number of nitriles is 1. The molecule has 1 aromatic carbocycles. The zero-order chi connectivity index (χ0) is 11.5. The Labute approximate surface area is 94.3 Å². The van der Waals surface area contributed by atoms with Gasteiger partial charge in [0.1, 0.15) is 5.82 Å². The minimum absolute atomic E-state index is 0.667. The Kier molecular flexibility index (Phi) is 2.88. The third-order valence-corrected chi connectivity index (χ3v) is 2.71. The number of rotatable bonds is 3. The minimum Gasteiger partial charge on any atom is -0.331 e. The van der Waals surface area contributed by atoms with E-state index >= 15 is 0 Å². The summed E-state index contributed by atoms with van der Waals surface area (Å²) in [6.45, 7) is 0.673. The van der Waals surface area contributed by atoms with Crippen molar-refractivity contribution in [1.29, 1.82) is 5.26 Å². The summed E-state index contributed by atoms with van der Waals surface area (Å²) in [6, 6.07) is 7.69. The molecule has 2 aromatic rings. The van der Waals surface area contributed by atoms with Crippen molar-refractivity contribution >= 4 is 11.0 Å². The summed E-state index contributed by atoms with van der Waals surface area (Å²) in [5.74, 6) is 1.02. The Morgan fingerprint density at radius 3 is 3.00 bits per heavy atom. The van der Waals surface area contributed by atoms with E-state index < -0.39 is 0 Å². The first kappa shape index (κ1) is 10.7. The van der Waals surface area contributed by atoms with Crippen molar-refractivity contribution < 1.29 is 0 Å². The number of benzene rings is 1. The quantitative estimate of drug-likeness (QED) is 0.838. The lowest BCUT2D eigenvalue weighted by Crippen LogP contribution is -2.04. The smallest absolute Gasteiger partial charge is 0.109 e. The van der Waals surface area contributed by atoms with E-state index in [0.29, 0.717) is 12.1 Å². The normalized spacial score (nSPS) is 10.6. The van der Waals surface area contributed by atoms with Gasteiger partial charge in [-0.3, -0.25) is 0 Å². The second-order valence-corrected chi connectivity index (χ2v) is 3.79. The van der Waals surface area contributed by atoms with Crippen LogP contribution in [0.2, 0.25) is 0 Å². The second-order valence-electron chi connectivity index (χ2n) is 3.79. The van der Waals surface area contributed by atoms with Crippen molar-refractivity contribution in [2.75, 3.05) is 6.54 Å². The van der Waals surface area contributed by atoms with E-state index in [0.717, 1.165) is 29.7 Å². The topological polar surface area (TPSA) is 67.6 Å². The summed E-state index contributed by atoms with van der Waals surface area (Å²) in [5.41, 5.74) is 8.10. The molecule has 0 fully saturated rings. The highest BCUT2D eigenvalue weighted by Crippen LogP contribution is 2.17. The number of nitrogens with two attached hydrogens (primary N) is 1. The van der Waals surface area contributed by atoms with Crippen LogP contribution < -0.4 is 5.73 Å². The van der Waals surface area contributed by atoms with Gasteiger partial charge >= 0.3 is 0 Å². The molecule has 16 heavy (non-hydrogen) atoms. The van der Waals surface area contributed by atoms with Gasteiger partial charge in [0.15, 0.2) is 0 Å². The Bertz CT molecular complexity index is 548. The molecule has 0 amide bonds. The number of aromatic nitrogens is 2. The second kappa shape index (κ2) is 4.33. The van der Waals surface area contributed by atoms with Gasteiger partial charge in [0, 0.05) is 13.5 Å². The highest BCUT2D eigenvalue weighted by molar-refractivity contribution is 5.77. The number of aryl methyl sites for hydroxylation is 2. The first-order valence-electron chi connectivity index (χ1n) is 5.32. The van der Waals surface area contributed by atoms with Crippen LogP contribution in [-0.4, -0.2) is 16.1 Å². The molecule has 0 aliphatic carbocycles. The largest absolute Gasteiger partial charge is 0.331 e. The maximum Gasteiger partial charge on any atom is 0.109 e. The lowest BCUT2D eigenvalue weighted by atomic mass is 10.2. The molecule has 0 aliphatic heterocycles. The monoisotopic (exact) mass is 214 g/mol. The van der Waals surface area contributed by atoms with Gasteiger partial charge in [0.05, 0.1) is 22.7 Å². The molecule has 0 saturated heterocycles. The molecule has 0 saturated carbocycles. The molecule has 0 unspecified atom stereocenters. The maximum absolute atomic E-state index is 8.84. The third-order valence-electron chi connectivity index (χ3n) is 2.71. The van der Waals surface area contributed by atoms with E-state index in [-0.39, 0.29) is 0 Å². The van der Waals surface area contributed by atoms with E-state index in [1.165, 1.54) is 0 Å². The van der Waals surface area contributed by atoms with E-state index in [2.05, 4.69) is 11.1 Å². The number of imidazole rings is 1. The summed E-state index contributed by atoms with van der Waals surface area (Å²) in [6.07, 6.45) is 1.81. The van der Waals surface area contributed by atoms with E-state index in [9.17, 15) is 0 Å². The van der Waals surface area contributed by atoms with Gasteiger partial charge in [-0.15, -0.1) is 0 Å². The molecule has 1 heterocycles. The highest BCUT2D eigenvalue weighted by atomic mass is 15.1. The molecule has 0 atom stereocenters. The molecule has 0 bridgehead atoms. The fourth-order valence-corrected chi connectivity index (χ4v) is 1.79. The van der Waals surface area contributed by atoms with Crippen LogP contribution in [-0.2, 0) is 13.5 Å². The van der Waals surface area contributed by atoms with E-state index in [1.807, 2.05) is 23.7 Å². The molecule has 0 spiro atoms. The maximum atomic E-state index is 8.84. The summed E-state index contributed by atoms with van der Waals surface area (Å²) in [5, 5.41) is 8.84. The standard InChI is InChI=1S/C12H14N4/c1-16-11-7-9(8-14)4-5-10(11)15-12(16)3-2-6-13/h4-5,7H,2-3,6,13H2,1H3. The molecular formula is C12H14N4. The lowest BCUT2D eigenvalue weighted by molar-refractivity contribution is 0.741. The number of fused-ring (bicyclic) bond motifs is 1. The van der Waals surface area contributed by atoms with Crippen molar-refractivity contribution in [2.45, 2.75) is 12.8 Å². The molecule has 0 radical (unpaired) electrons. The lowest BCUT2D eigenvalue weighted by Gasteiger charge is -2.00. The predicted molar refractivity (Wildman–Crippen MR) is 62.8 cm³/mol. The first-order chi connectivity index (χ1) is 7.76. The SMILES string of the molecule is Cn1c(CCCN)nc2ccc(C#N)cc21. The van der Waals surface area contributed by atoms with Gasteiger partial charge in [-0.25, -0.2) is 4.98 Å². The predicted octanol–water partition coefficient (Wildman–Crippen LogP) is 1.34. The fraction of sp³-hybridized carbons (Fsp3) is 0.333. The van der Waals surface area contributed by atoms with Crippen LogP contribution in [0.1, 0.15) is 17.8 Å². The van der Waals surface area contributed by atoms with Crippen molar-refractivity contribution in [3.05, 3.63) is 29.6 Å². The zero-order valence-electron chi connectivity index (χ0n) is 9.27. The summed E-state index contributed by atoms with van der Waals surface area (Å²) >= 11 is 0. The zero-order valence-corrected chi connectivity index (χ0v) is 9.27. The summed E-state index contributed by atoms with van der Waals surface area (Å²) in [7, 11) is 1.97. The molecular weight excluding hydrogens is 200 g/mol. The molecule has 2 N–H and O–H groups in total. The highest BCUT2D eigenvalue weighted by Gasteiger charge is 2.07.